The van der Waals surface area contributed by atoms with Crippen LogP contribution in [0.5, 0.6) is 0 Å². The molecule has 0 bridgehead atoms. The number of anilines is 1. The Bertz CT molecular complexity index is 698. The molecule has 0 aromatic heterocycles. The van der Waals surface area contributed by atoms with Gasteiger partial charge in [-0.3, -0.25) is 4.79 Å². The Morgan fingerprint density at radius 1 is 1.18 bits per heavy atom. The fraction of sp³-hybridized carbons (Fsp3) is 0.125. The minimum Gasteiger partial charge on any atom is -0.452 e. The highest BCUT2D eigenvalue weighted by atomic mass is 79.9. The van der Waals surface area contributed by atoms with Crippen LogP contribution in [0.3, 0.4) is 0 Å². The Kier molecular flexibility index (Phi) is 5.57. The lowest BCUT2D eigenvalue weighted by molar-refractivity contribution is -0.119. The van der Waals surface area contributed by atoms with Crippen LogP contribution in [-0.4, -0.2) is 18.5 Å². The standard InChI is InChI=1S/C16H13BrClNO3/c1-10-5-4-8-13(18)15(10)19-14(20)9-22-16(21)11-6-2-3-7-12(11)17/h2-8H,9H2,1H3,(H,19,20). The van der Waals surface area contributed by atoms with Gasteiger partial charge in [0.1, 0.15) is 0 Å². The van der Waals surface area contributed by atoms with Crippen molar-refractivity contribution in [2.24, 2.45) is 0 Å². The number of nitrogens with one attached hydrogen (secondary N) is 1. The molecule has 1 N–H and O–H groups in total. The SMILES string of the molecule is Cc1cccc(Cl)c1NC(=O)COC(=O)c1ccccc1Br. The van der Waals surface area contributed by atoms with Gasteiger partial charge in [-0.05, 0) is 46.6 Å². The molecule has 0 unspecified atom stereocenters. The number of carbonyl (C=O) groups excluding carboxylic acids is 2. The third kappa shape index (κ3) is 4.08. The van der Waals surface area contributed by atoms with Gasteiger partial charge in [-0.1, -0.05) is 35.9 Å². The summed E-state index contributed by atoms with van der Waals surface area (Å²) < 4.78 is 5.61. The summed E-state index contributed by atoms with van der Waals surface area (Å²) in [5.74, 6) is -1.02. The smallest absolute Gasteiger partial charge is 0.339 e. The number of para-hydroxylation sites is 1. The molecule has 114 valence electrons. The highest BCUT2D eigenvalue weighted by molar-refractivity contribution is 9.10. The summed E-state index contributed by atoms with van der Waals surface area (Å²) in [6.07, 6.45) is 0. The van der Waals surface area contributed by atoms with Crippen molar-refractivity contribution in [1.82, 2.24) is 0 Å². The van der Waals surface area contributed by atoms with Gasteiger partial charge in [0.05, 0.1) is 16.3 Å². The van der Waals surface area contributed by atoms with Gasteiger partial charge in [-0.15, -0.1) is 0 Å². The molecular weight excluding hydrogens is 370 g/mol. The van der Waals surface area contributed by atoms with E-state index in [0.717, 1.165) is 5.56 Å². The Balaban J connectivity index is 1.96. The highest BCUT2D eigenvalue weighted by Gasteiger charge is 2.14. The number of halogens is 2. The lowest BCUT2D eigenvalue weighted by Gasteiger charge is -2.10. The predicted molar refractivity (Wildman–Crippen MR) is 89.2 cm³/mol. The largest absolute Gasteiger partial charge is 0.452 e. The van der Waals surface area contributed by atoms with Gasteiger partial charge in [0, 0.05) is 4.47 Å². The van der Waals surface area contributed by atoms with E-state index in [2.05, 4.69) is 21.2 Å². The maximum absolute atomic E-state index is 11.9. The molecule has 0 saturated heterocycles. The van der Waals surface area contributed by atoms with Crippen LogP contribution in [-0.2, 0) is 9.53 Å². The summed E-state index contributed by atoms with van der Waals surface area (Å²) in [6.45, 7) is 1.44. The number of ether oxygens (including phenoxy) is 1. The van der Waals surface area contributed by atoms with E-state index in [1.807, 2.05) is 13.0 Å². The number of hydrogen-bond donors (Lipinski definition) is 1. The van der Waals surface area contributed by atoms with E-state index in [4.69, 9.17) is 16.3 Å². The lowest BCUT2D eigenvalue weighted by atomic mass is 10.2. The van der Waals surface area contributed by atoms with Crippen molar-refractivity contribution in [2.75, 3.05) is 11.9 Å². The molecule has 4 nitrogen and oxygen atoms in total. The zero-order valence-electron chi connectivity index (χ0n) is 11.7. The van der Waals surface area contributed by atoms with E-state index in [1.165, 1.54) is 0 Å². The third-order valence-corrected chi connectivity index (χ3v) is 3.92. The van der Waals surface area contributed by atoms with Crippen molar-refractivity contribution < 1.29 is 14.3 Å². The van der Waals surface area contributed by atoms with E-state index in [-0.39, 0.29) is 6.61 Å². The number of rotatable bonds is 4. The van der Waals surface area contributed by atoms with Crippen LogP contribution in [0.25, 0.3) is 0 Å². The van der Waals surface area contributed by atoms with Gasteiger partial charge in [-0.2, -0.15) is 0 Å². The summed E-state index contributed by atoms with van der Waals surface area (Å²) in [6, 6.07) is 12.1. The molecule has 2 rings (SSSR count). The summed E-state index contributed by atoms with van der Waals surface area (Å²) in [7, 11) is 0. The molecule has 22 heavy (non-hydrogen) atoms. The maximum Gasteiger partial charge on any atom is 0.339 e. The van der Waals surface area contributed by atoms with E-state index in [0.29, 0.717) is 20.7 Å². The van der Waals surface area contributed by atoms with Crippen molar-refractivity contribution in [3.05, 3.63) is 63.1 Å². The predicted octanol–water partition coefficient (Wildman–Crippen LogP) is 4.21. The van der Waals surface area contributed by atoms with Crippen LogP contribution in [0.1, 0.15) is 15.9 Å². The monoisotopic (exact) mass is 381 g/mol. The third-order valence-electron chi connectivity index (χ3n) is 2.91. The molecule has 2 aromatic carbocycles. The second kappa shape index (κ2) is 7.42. The van der Waals surface area contributed by atoms with Gasteiger partial charge in [-0.25, -0.2) is 4.79 Å². The first-order valence-electron chi connectivity index (χ1n) is 6.45. The minimum absolute atomic E-state index is 0.365. The molecule has 0 aliphatic heterocycles. The normalized spacial score (nSPS) is 10.1. The van der Waals surface area contributed by atoms with Gasteiger partial charge < -0.3 is 10.1 Å². The van der Waals surface area contributed by atoms with Crippen LogP contribution >= 0.6 is 27.5 Å². The molecule has 0 saturated carbocycles. The van der Waals surface area contributed by atoms with Crippen LogP contribution in [0.15, 0.2) is 46.9 Å². The number of hydrogen-bond acceptors (Lipinski definition) is 3. The number of amides is 1. The number of esters is 1. The van der Waals surface area contributed by atoms with Crippen molar-refractivity contribution in [1.29, 1.82) is 0 Å². The van der Waals surface area contributed by atoms with Crippen LogP contribution in [0, 0.1) is 6.92 Å². The van der Waals surface area contributed by atoms with E-state index in [1.54, 1.807) is 36.4 Å². The van der Waals surface area contributed by atoms with Crippen LogP contribution in [0.2, 0.25) is 5.02 Å². The molecular formula is C16H13BrClNO3. The minimum atomic E-state index is -0.571. The quantitative estimate of drug-likeness (QED) is 0.806. The van der Waals surface area contributed by atoms with E-state index >= 15 is 0 Å². The molecule has 0 aliphatic carbocycles. The average Bonchev–Trinajstić information content (AvgIpc) is 2.49. The molecule has 0 aliphatic rings. The van der Waals surface area contributed by atoms with Gasteiger partial charge in [0.2, 0.25) is 0 Å². The lowest BCUT2D eigenvalue weighted by Crippen LogP contribution is -2.21. The molecule has 2 aromatic rings. The number of aryl methyl sites for hydroxylation is 1. The van der Waals surface area contributed by atoms with Gasteiger partial charge >= 0.3 is 5.97 Å². The van der Waals surface area contributed by atoms with Crippen molar-refractivity contribution in [2.45, 2.75) is 6.92 Å². The fourth-order valence-corrected chi connectivity index (χ4v) is 2.52. The molecule has 0 radical (unpaired) electrons. The Hall–Kier alpha value is -1.85. The molecule has 0 heterocycles. The summed E-state index contributed by atoms with van der Waals surface area (Å²) in [4.78, 5) is 23.8. The highest BCUT2D eigenvalue weighted by Crippen LogP contribution is 2.25. The number of benzene rings is 2. The van der Waals surface area contributed by atoms with Crippen molar-refractivity contribution >= 4 is 45.1 Å². The Morgan fingerprint density at radius 3 is 2.59 bits per heavy atom. The Morgan fingerprint density at radius 2 is 1.91 bits per heavy atom. The van der Waals surface area contributed by atoms with Gasteiger partial charge in [0.25, 0.3) is 5.91 Å². The average molecular weight is 383 g/mol. The van der Waals surface area contributed by atoms with E-state index in [9.17, 15) is 9.59 Å². The fourth-order valence-electron chi connectivity index (χ4n) is 1.80. The van der Waals surface area contributed by atoms with Crippen molar-refractivity contribution in [3.63, 3.8) is 0 Å². The van der Waals surface area contributed by atoms with Gasteiger partial charge in [0.15, 0.2) is 6.61 Å². The molecule has 0 spiro atoms. The summed E-state index contributed by atoms with van der Waals surface area (Å²) >= 11 is 9.28. The first kappa shape index (κ1) is 16.5. The van der Waals surface area contributed by atoms with E-state index < -0.39 is 11.9 Å². The first-order chi connectivity index (χ1) is 10.5. The molecule has 6 heteroatoms. The molecule has 0 fully saturated rings. The topological polar surface area (TPSA) is 55.4 Å². The maximum atomic E-state index is 11.9. The van der Waals surface area contributed by atoms with Crippen LogP contribution < -0.4 is 5.32 Å². The zero-order chi connectivity index (χ0) is 16.1. The molecule has 1 amide bonds. The number of carbonyl (C=O) groups is 2. The first-order valence-corrected chi connectivity index (χ1v) is 7.62. The van der Waals surface area contributed by atoms with Crippen LogP contribution in [0.4, 0.5) is 5.69 Å². The Labute approximate surface area is 141 Å². The second-order valence-electron chi connectivity index (χ2n) is 4.54. The van der Waals surface area contributed by atoms with Crippen molar-refractivity contribution in [3.8, 4) is 0 Å². The second-order valence-corrected chi connectivity index (χ2v) is 5.80. The zero-order valence-corrected chi connectivity index (χ0v) is 14.1. The molecule has 0 atom stereocenters. The summed E-state index contributed by atoms with van der Waals surface area (Å²) in [5.41, 5.74) is 1.72. The summed E-state index contributed by atoms with van der Waals surface area (Å²) in [5, 5.41) is 3.08.